The summed E-state index contributed by atoms with van der Waals surface area (Å²) in [6, 6.07) is -0.953. The van der Waals surface area contributed by atoms with Crippen molar-refractivity contribution in [2.24, 2.45) is 0 Å². The molecule has 1 saturated heterocycles. The minimum Gasteiger partial charge on any atom is -0.394 e. The van der Waals surface area contributed by atoms with E-state index in [2.05, 4.69) is 5.32 Å². The van der Waals surface area contributed by atoms with Crippen LogP contribution in [0.25, 0.3) is 0 Å². The van der Waals surface area contributed by atoms with Crippen molar-refractivity contribution >= 4 is 17.7 Å². The zero-order valence-corrected chi connectivity index (χ0v) is 12.8. The van der Waals surface area contributed by atoms with Gasteiger partial charge in [-0.2, -0.15) is 0 Å². The van der Waals surface area contributed by atoms with Crippen LogP contribution in [0.4, 0.5) is 0 Å². The van der Waals surface area contributed by atoms with Crippen molar-refractivity contribution in [1.82, 2.24) is 5.32 Å². The Morgan fingerprint density at radius 1 is 1.48 bits per heavy atom. The van der Waals surface area contributed by atoms with Gasteiger partial charge in [0, 0.05) is 13.3 Å². The maximum absolute atomic E-state index is 11.2. The fourth-order valence-corrected chi connectivity index (χ4v) is 3.03. The molecular formula is C12H23NO7S. The number of carbonyl (C=O) groups is 1. The van der Waals surface area contributed by atoms with E-state index in [1.54, 1.807) is 6.26 Å². The lowest BCUT2D eigenvalue weighted by Crippen LogP contribution is -2.65. The Kier molecular flexibility index (Phi) is 6.85. The minimum absolute atomic E-state index is 0.0497. The molecule has 124 valence electrons. The molecule has 0 bridgehead atoms. The average molecular weight is 325 g/mol. The predicted octanol–water partition coefficient (Wildman–Crippen LogP) is -2.59. The van der Waals surface area contributed by atoms with Crippen LogP contribution in [0, 0.1) is 0 Å². The molecule has 1 heterocycles. The Hall–Kier alpha value is -0.420. The number of carbonyl (C=O) groups excluding carboxylic acids is 1. The smallest absolute Gasteiger partial charge is 0.217 e. The molecule has 0 saturated carbocycles. The summed E-state index contributed by atoms with van der Waals surface area (Å²) < 4.78 is 5.66. The summed E-state index contributed by atoms with van der Waals surface area (Å²) in [6.45, 7) is 0.146. The van der Waals surface area contributed by atoms with Crippen molar-refractivity contribution in [1.29, 1.82) is 0 Å². The number of aliphatic hydroxyl groups is 5. The van der Waals surface area contributed by atoms with Crippen LogP contribution in [-0.2, 0) is 9.53 Å². The van der Waals surface area contributed by atoms with Crippen molar-refractivity contribution in [2.75, 3.05) is 19.5 Å². The standard InChI is InChI=1S/C12H23NO7S/c1-6(16)13-9-7(17)3-12(5-15,21-2)20-11(9)10(19)8(18)4-14/h7-11,14-15,17-19H,3-5H2,1-2H3,(H,13,16)/t7-,8+,9+,10+,11+,12-/m0/s1. The zero-order chi connectivity index (χ0) is 16.2. The van der Waals surface area contributed by atoms with Crippen molar-refractivity contribution in [2.45, 2.75) is 48.7 Å². The number of aliphatic hydroxyl groups excluding tert-OH is 5. The molecule has 8 nitrogen and oxygen atoms in total. The second kappa shape index (κ2) is 7.73. The molecule has 0 aliphatic carbocycles. The summed E-state index contributed by atoms with van der Waals surface area (Å²) >= 11 is 1.16. The van der Waals surface area contributed by atoms with Crippen LogP contribution in [0.3, 0.4) is 0 Å². The van der Waals surface area contributed by atoms with Crippen LogP contribution in [0.1, 0.15) is 13.3 Å². The van der Waals surface area contributed by atoms with Gasteiger partial charge in [-0.1, -0.05) is 0 Å². The Bertz CT molecular complexity index is 352. The fraction of sp³-hybridized carbons (Fsp3) is 0.917. The first-order chi connectivity index (χ1) is 9.80. The van der Waals surface area contributed by atoms with Crippen LogP contribution in [-0.4, -0.2) is 86.3 Å². The monoisotopic (exact) mass is 325 g/mol. The second-order valence-electron chi connectivity index (χ2n) is 5.09. The number of hydrogen-bond acceptors (Lipinski definition) is 8. The first-order valence-corrected chi connectivity index (χ1v) is 7.78. The maximum atomic E-state index is 11.2. The number of nitrogens with one attached hydrogen (secondary N) is 1. The number of rotatable bonds is 6. The van der Waals surface area contributed by atoms with Gasteiger partial charge in [0.25, 0.3) is 0 Å². The molecule has 1 aliphatic heterocycles. The maximum Gasteiger partial charge on any atom is 0.217 e. The molecule has 0 aromatic rings. The molecule has 1 amide bonds. The molecule has 1 rings (SSSR count). The highest BCUT2D eigenvalue weighted by Gasteiger charge is 2.50. The molecule has 9 heteroatoms. The predicted molar refractivity (Wildman–Crippen MR) is 75.5 cm³/mol. The number of thioether (sulfide) groups is 1. The first-order valence-electron chi connectivity index (χ1n) is 6.56. The molecule has 0 aromatic carbocycles. The molecule has 1 aliphatic rings. The van der Waals surface area contributed by atoms with E-state index in [0.29, 0.717) is 0 Å². The normalized spacial score (nSPS) is 36.0. The molecular weight excluding hydrogens is 302 g/mol. The van der Waals surface area contributed by atoms with Gasteiger partial charge < -0.3 is 35.6 Å². The van der Waals surface area contributed by atoms with Crippen LogP contribution in [0.5, 0.6) is 0 Å². The molecule has 6 N–H and O–H groups in total. The Balaban J connectivity index is 3.04. The van der Waals surface area contributed by atoms with Crippen molar-refractivity contribution < 1.29 is 35.1 Å². The van der Waals surface area contributed by atoms with Crippen molar-refractivity contribution in [3.05, 3.63) is 0 Å². The lowest BCUT2D eigenvalue weighted by molar-refractivity contribution is -0.199. The van der Waals surface area contributed by atoms with Crippen LogP contribution < -0.4 is 5.32 Å². The molecule has 0 spiro atoms. The summed E-state index contributed by atoms with van der Waals surface area (Å²) in [5, 5.41) is 50.8. The van der Waals surface area contributed by atoms with Gasteiger partial charge in [0.2, 0.25) is 5.91 Å². The van der Waals surface area contributed by atoms with Gasteiger partial charge in [-0.05, 0) is 6.26 Å². The van der Waals surface area contributed by atoms with Crippen LogP contribution in [0.15, 0.2) is 0 Å². The van der Waals surface area contributed by atoms with Gasteiger partial charge in [-0.3, -0.25) is 4.79 Å². The quantitative estimate of drug-likeness (QED) is 0.313. The summed E-state index contributed by atoms with van der Waals surface area (Å²) in [5.74, 6) is -0.431. The van der Waals surface area contributed by atoms with Gasteiger partial charge in [0.15, 0.2) is 0 Å². The highest BCUT2D eigenvalue weighted by Crippen LogP contribution is 2.38. The van der Waals surface area contributed by atoms with Gasteiger partial charge in [0.05, 0.1) is 25.4 Å². The van der Waals surface area contributed by atoms with Gasteiger partial charge in [0.1, 0.15) is 23.2 Å². The molecule has 0 radical (unpaired) electrons. The highest BCUT2D eigenvalue weighted by atomic mass is 32.2. The molecule has 0 aromatic heterocycles. The van der Waals surface area contributed by atoms with E-state index in [0.717, 1.165) is 11.8 Å². The summed E-state index contributed by atoms with van der Waals surface area (Å²) in [5.41, 5.74) is 0. The number of ether oxygens (including phenoxy) is 1. The van der Waals surface area contributed by atoms with Crippen LogP contribution >= 0.6 is 11.8 Å². The summed E-state index contributed by atoms with van der Waals surface area (Å²) in [7, 11) is 0. The van der Waals surface area contributed by atoms with Gasteiger partial charge >= 0.3 is 0 Å². The van der Waals surface area contributed by atoms with E-state index in [-0.39, 0.29) is 6.42 Å². The average Bonchev–Trinajstić information content (AvgIpc) is 2.47. The van der Waals surface area contributed by atoms with Crippen molar-refractivity contribution in [3.8, 4) is 0 Å². The molecule has 6 atom stereocenters. The van der Waals surface area contributed by atoms with E-state index in [1.807, 2.05) is 0 Å². The number of amides is 1. The molecule has 0 unspecified atom stereocenters. The number of hydrogen-bond donors (Lipinski definition) is 6. The Morgan fingerprint density at radius 3 is 2.52 bits per heavy atom. The highest BCUT2D eigenvalue weighted by molar-refractivity contribution is 7.99. The minimum atomic E-state index is -1.53. The van der Waals surface area contributed by atoms with Gasteiger partial charge in [-0.15, -0.1) is 11.8 Å². The lowest BCUT2D eigenvalue weighted by atomic mass is 9.90. The Labute approximate surface area is 127 Å². The first kappa shape index (κ1) is 18.6. The van der Waals surface area contributed by atoms with Crippen molar-refractivity contribution in [3.63, 3.8) is 0 Å². The zero-order valence-electron chi connectivity index (χ0n) is 12.0. The lowest BCUT2D eigenvalue weighted by Gasteiger charge is -2.47. The molecule has 21 heavy (non-hydrogen) atoms. The Morgan fingerprint density at radius 2 is 2.10 bits per heavy atom. The van der Waals surface area contributed by atoms with E-state index < -0.39 is 54.5 Å². The third-order valence-corrected chi connectivity index (χ3v) is 4.68. The SMILES string of the molecule is CS[C@]1(CO)C[C@H](O)[C@@H](NC(C)=O)[C@H]([C@H](O)[C@H](O)CO)O1. The summed E-state index contributed by atoms with van der Waals surface area (Å²) in [4.78, 5) is 10.1. The van der Waals surface area contributed by atoms with E-state index in [4.69, 9.17) is 9.84 Å². The largest absolute Gasteiger partial charge is 0.394 e. The third kappa shape index (κ3) is 4.28. The fourth-order valence-electron chi connectivity index (χ4n) is 2.35. The van der Waals surface area contributed by atoms with Crippen LogP contribution in [0.2, 0.25) is 0 Å². The van der Waals surface area contributed by atoms with E-state index in [9.17, 15) is 25.2 Å². The molecule has 1 fully saturated rings. The summed E-state index contributed by atoms with van der Waals surface area (Å²) in [6.07, 6.45) is -3.54. The van der Waals surface area contributed by atoms with E-state index >= 15 is 0 Å². The van der Waals surface area contributed by atoms with E-state index in [1.165, 1.54) is 6.92 Å². The third-order valence-electron chi connectivity index (χ3n) is 3.54. The topological polar surface area (TPSA) is 139 Å². The van der Waals surface area contributed by atoms with Gasteiger partial charge in [-0.25, -0.2) is 0 Å². The second-order valence-corrected chi connectivity index (χ2v) is 6.25.